The maximum absolute atomic E-state index is 12.0. The van der Waals surface area contributed by atoms with Crippen molar-refractivity contribution in [1.29, 1.82) is 0 Å². The molecule has 7 heteroatoms. The molecule has 1 aromatic carbocycles. The van der Waals surface area contributed by atoms with Gasteiger partial charge in [0, 0.05) is 30.6 Å². The summed E-state index contributed by atoms with van der Waals surface area (Å²) in [7, 11) is 0. The van der Waals surface area contributed by atoms with Crippen LogP contribution in [0.25, 0.3) is 0 Å². The molecule has 2 aliphatic rings. The Bertz CT molecular complexity index is 545. The van der Waals surface area contributed by atoms with Crippen LogP contribution < -0.4 is 10.6 Å². The van der Waals surface area contributed by atoms with Gasteiger partial charge >= 0.3 is 0 Å². The summed E-state index contributed by atoms with van der Waals surface area (Å²) >= 11 is 6.25. The zero-order valence-corrected chi connectivity index (χ0v) is 17.5. The molecule has 3 rings (SSSR count). The van der Waals surface area contributed by atoms with Crippen LogP contribution in [0.5, 0.6) is 0 Å². The number of carbonyl (C=O) groups is 1. The quantitative estimate of drug-likeness (QED) is 0.735. The largest absolute Gasteiger partial charge is 0.356 e. The molecule has 148 valence electrons. The van der Waals surface area contributed by atoms with E-state index in [0.717, 1.165) is 57.0 Å². The lowest BCUT2D eigenvalue weighted by Crippen LogP contribution is -2.39. The second kappa shape index (κ2) is 12.0. The summed E-state index contributed by atoms with van der Waals surface area (Å²) in [4.78, 5) is 14.5. The minimum Gasteiger partial charge on any atom is -0.356 e. The number of piperidine rings is 1. The molecule has 1 amide bonds. The summed E-state index contributed by atoms with van der Waals surface area (Å²) < 4.78 is 0. The normalized spacial score (nSPS) is 20.9. The molecule has 2 N–H and O–H groups in total. The molecule has 0 spiro atoms. The van der Waals surface area contributed by atoms with Crippen LogP contribution in [0.15, 0.2) is 24.3 Å². The molecular formula is C19H30Cl3N3O. The molecular weight excluding hydrogens is 393 g/mol. The molecule has 0 aromatic heterocycles. The molecule has 1 atom stereocenters. The van der Waals surface area contributed by atoms with Crippen molar-refractivity contribution in [3.8, 4) is 0 Å². The van der Waals surface area contributed by atoms with Crippen molar-refractivity contribution >= 4 is 42.3 Å². The molecule has 2 saturated heterocycles. The highest BCUT2D eigenvalue weighted by Crippen LogP contribution is 2.22. The van der Waals surface area contributed by atoms with Crippen molar-refractivity contribution in [1.82, 2.24) is 15.5 Å². The number of benzene rings is 1. The third-order valence-electron chi connectivity index (χ3n) is 5.24. The van der Waals surface area contributed by atoms with E-state index in [1.807, 2.05) is 18.2 Å². The van der Waals surface area contributed by atoms with Crippen LogP contribution in [-0.4, -0.2) is 43.0 Å². The zero-order valence-electron chi connectivity index (χ0n) is 15.1. The summed E-state index contributed by atoms with van der Waals surface area (Å²) in [5.41, 5.74) is 1.20. The third-order valence-corrected chi connectivity index (χ3v) is 5.61. The van der Waals surface area contributed by atoms with Crippen molar-refractivity contribution in [3.05, 3.63) is 34.9 Å². The fourth-order valence-corrected chi connectivity index (χ4v) is 3.90. The number of hydrogen-bond acceptors (Lipinski definition) is 3. The summed E-state index contributed by atoms with van der Waals surface area (Å²) in [6.07, 6.45) is 5.25. The molecule has 2 fully saturated rings. The second-order valence-electron chi connectivity index (χ2n) is 7.11. The summed E-state index contributed by atoms with van der Waals surface area (Å²) in [6, 6.07) is 8.47. The molecule has 1 unspecified atom stereocenters. The van der Waals surface area contributed by atoms with Crippen LogP contribution in [-0.2, 0) is 11.3 Å². The van der Waals surface area contributed by atoms with Crippen LogP contribution >= 0.6 is 36.4 Å². The maximum atomic E-state index is 12.0. The Balaban J connectivity index is 0.00000169. The lowest BCUT2D eigenvalue weighted by Gasteiger charge is -2.32. The number of rotatable bonds is 6. The Labute approximate surface area is 174 Å². The SMILES string of the molecule is Cl.Cl.O=C(CC1CCCN1)NCC1CCN(Cc2ccccc2Cl)CC1. The van der Waals surface area contributed by atoms with Gasteiger partial charge in [-0.3, -0.25) is 9.69 Å². The number of nitrogens with one attached hydrogen (secondary N) is 2. The van der Waals surface area contributed by atoms with E-state index in [2.05, 4.69) is 21.6 Å². The topological polar surface area (TPSA) is 44.4 Å². The monoisotopic (exact) mass is 421 g/mol. The van der Waals surface area contributed by atoms with Gasteiger partial charge in [-0.05, 0) is 62.9 Å². The van der Waals surface area contributed by atoms with Crippen LogP contribution in [0.1, 0.15) is 37.7 Å². The molecule has 0 aliphatic carbocycles. The lowest BCUT2D eigenvalue weighted by molar-refractivity contribution is -0.121. The van der Waals surface area contributed by atoms with E-state index in [-0.39, 0.29) is 30.7 Å². The fourth-order valence-electron chi connectivity index (χ4n) is 3.70. The number of carbonyl (C=O) groups excluding carboxylic acids is 1. The van der Waals surface area contributed by atoms with E-state index in [9.17, 15) is 4.79 Å². The molecule has 1 aromatic rings. The average molecular weight is 423 g/mol. The van der Waals surface area contributed by atoms with Gasteiger partial charge in [-0.15, -0.1) is 24.8 Å². The average Bonchev–Trinajstić information content (AvgIpc) is 3.09. The molecule has 2 aliphatic heterocycles. The summed E-state index contributed by atoms with van der Waals surface area (Å²) in [6.45, 7) is 4.96. The first kappa shape index (κ1) is 23.5. The summed E-state index contributed by atoms with van der Waals surface area (Å²) in [5, 5.41) is 7.37. The highest BCUT2D eigenvalue weighted by Gasteiger charge is 2.21. The predicted octanol–water partition coefficient (Wildman–Crippen LogP) is 3.65. The van der Waals surface area contributed by atoms with Gasteiger partial charge in [0.15, 0.2) is 0 Å². The minimum atomic E-state index is 0. The van der Waals surface area contributed by atoms with Gasteiger partial charge in [0.25, 0.3) is 0 Å². The molecule has 2 heterocycles. The van der Waals surface area contributed by atoms with E-state index < -0.39 is 0 Å². The summed E-state index contributed by atoms with van der Waals surface area (Å²) in [5.74, 6) is 0.806. The third kappa shape index (κ3) is 7.24. The Morgan fingerprint density at radius 1 is 1.19 bits per heavy atom. The van der Waals surface area contributed by atoms with Crippen molar-refractivity contribution in [2.75, 3.05) is 26.2 Å². The van der Waals surface area contributed by atoms with Gasteiger partial charge < -0.3 is 10.6 Å². The van der Waals surface area contributed by atoms with E-state index in [1.165, 1.54) is 12.0 Å². The maximum Gasteiger partial charge on any atom is 0.221 e. The van der Waals surface area contributed by atoms with E-state index in [1.54, 1.807) is 0 Å². The smallest absolute Gasteiger partial charge is 0.221 e. The van der Waals surface area contributed by atoms with E-state index in [4.69, 9.17) is 11.6 Å². The van der Waals surface area contributed by atoms with Crippen molar-refractivity contribution in [2.45, 2.75) is 44.7 Å². The minimum absolute atomic E-state index is 0. The molecule has 0 bridgehead atoms. The highest BCUT2D eigenvalue weighted by atomic mass is 35.5. The number of amides is 1. The second-order valence-corrected chi connectivity index (χ2v) is 7.52. The van der Waals surface area contributed by atoms with Crippen LogP contribution in [0.4, 0.5) is 0 Å². The standard InChI is InChI=1S/C19H28ClN3O.2ClH/c20-18-6-2-1-4-16(18)14-23-10-7-15(8-11-23)13-22-19(24)12-17-5-3-9-21-17;;/h1-2,4,6,15,17,21H,3,5,7-14H2,(H,22,24);2*1H. The highest BCUT2D eigenvalue weighted by molar-refractivity contribution is 6.31. The van der Waals surface area contributed by atoms with Gasteiger partial charge in [-0.1, -0.05) is 29.8 Å². The van der Waals surface area contributed by atoms with E-state index in [0.29, 0.717) is 18.4 Å². The van der Waals surface area contributed by atoms with Gasteiger partial charge in [0.1, 0.15) is 0 Å². The van der Waals surface area contributed by atoms with Gasteiger partial charge in [0.05, 0.1) is 0 Å². The molecule has 0 radical (unpaired) electrons. The predicted molar refractivity (Wildman–Crippen MR) is 113 cm³/mol. The fraction of sp³-hybridized carbons (Fsp3) is 0.632. The molecule has 26 heavy (non-hydrogen) atoms. The lowest BCUT2D eigenvalue weighted by atomic mass is 9.96. The zero-order chi connectivity index (χ0) is 16.8. The van der Waals surface area contributed by atoms with Crippen molar-refractivity contribution in [2.24, 2.45) is 5.92 Å². The van der Waals surface area contributed by atoms with E-state index >= 15 is 0 Å². The Kier molecular flexibility index (Phi) is 10.9. The van der Waals surface area contributed by atoms with Crippen LogP contribution in [0.2, 0.25) is 5.02 Å². The first-order chi connectivity index (χ1) is 11.7. The Hall–Kier alpha value is -0.520. The van der Waals surface area contributed by atoms with Gasteiger partial charge in [-0.25, -0.2) is 0 Å². The number of halogens is 3. The molecule has 0 saturated carbocycles. The first-order valence-corrected chi connectivity index (χ1v) is 9.54. The van der Waals surface area contributed by atoms with Gasteiger partial charge in [-0.2, -0.15) is 0 Å². The Morgan fingerprint density at radius 2 is 1.92 bits per heavy atom. The van der Waals surface area contributed by atoms with Crippen molar-refractivity contribution in [3.63, 3.8) is 0 Å². The Morgan fingerprint density at radius 3 is 2.58 bits per heavy atom. The number of likely N-dealkylation sites (tertiary alicyclic amines) is 1. The van der Waals surface area contributed by atoms with Gasteiger partial charge in [0.2, 0.25) is 5.91 Å². The van der Waals surface area contributed by atoms with Crippen LogP contribution in [0, 0.1) is 5.92 Å². The van der Waals surface area contributed by atoms with Crippen molar-refractivity contribution < 1.29 is 4.79 Å². The van der Waals surface area contributed by atoms with Crippen LogP contribution in [0.3, 0.4) is 0 Å². The number of hydrogen-bond donors (Lipinski definition) is 2. The molecule has 4 nitrogen and oxygen atoms in total. The number of nitrogens with zero attached hydrogens (tertiary/aromatic N) is 1. The first-order valence-electron chi connectivity index (χ1n) is 9.16.